The SMILES string of the molecule is CCn1c(Cn2c(-c3ccc(Cl)cc3)nc3ccccc32)n[nH]c1=S. The van der Waals surface area contributed by atoms with Crippen LogP contribution < -0.4 is 0 Å². The van der Waals surface area contributed by atoms with E-state index in [1.54, 1.807) is 0 Å². The van der Waals surface area contributed by atoms with E-state index >= 15 is 0 Å². The van der Waals surface area contributed by atoms with Crippen molar-refractivity contribution in [2.45, 2.75) is 20.0 Å². The second-order valence-electron chi connectivity index (χ2n) is 5.71. The van der Waals surface area contributed by atoms with Gasteiger partial charge in [-0.1, -0.05) is 23.7 Å². The van der Waals surface area contributed by atoms with Gasteiger partial charge in [-0.3, -0.25) is 5.10 Å². The normalized spacial score (nSPS) is 11.3. The summed E-state index contributed by atoms with van der Waals surface area (Å²) in [7, 11) is 0. The number of nitrogens with zero attached hydrogens (tertiary/aromatic N) is 4. The summed E-state index contributed by atoms with van der Waals surface area (Å²) in [5, 5.41) is 7.98. The van der Waals surface area contributed by atoms with Crippen molar-refractivity contribution < 1.29 is 0 Å². The van der Waals surface area contributed by atoms with E-state index in [0.29, 0.717) is 16.3 Å². The zero-order valence-corrected chi connectivity index (χ0v) is 15.2. The highest BCUT2D eigenvalue weighted by atomic mass is 35.5. The van der Waals surface area contributed by atoms with Crippen molar-refractivity contribution in [2.75, 3.05) is 0 Å². The molecule has 1 N–H and O–H groups in total. The standard InChI is InChI=1S/C18H16ClN5S/c1-2-23-16(21-22-18(23)25)11-24-15-6-4-3-5-14(15)20-17(24)12-7-9-13(19)10-8-12/h3-10H,2,11H2,1H3,(H,22,25). The van der Waals surface area contributed by atoms with E-state index < -0.39 is 0 Å². The summed E-state index contributed by atoms with van der Waals surface area (Å²) >= 11 is 11.3. The molecule has 0 unspecified atom stereocenters. The molecule has 0 spiro atoms. The highest BCUT2D eigenvalue weighted by Gasteiger charge is 2.15. The maximum Gasteiger partial charge on any atom is 0.195 e. The van der Waals surface area contributed by atoms with E-state index in [4.69, 9.17) is 28.8 Å². The molecule has 5 nitrogen and oxygen atoms in total. The molecule has 0 radical (unpaired) electrons. The number of fused-ring (bicyclic) bond motifs is 1. The van der Waals surface area contributed by atoms with Gasteiger partial charge in [0.1, 0.15) is 5.82 Å². The van der Waals surface area contributed by atoms with Crippen LogP contribution in [0, 0.1) is 4.77 Å². The van der Waals surface area contributed by atoms with Gasteiger partial charge in [0, 0.05) is 17.1 Å². The minimum absolute atomic E-state index is 0.583. The first-order valence-corrected chi connectivity index (χ1v) is 8.81. The molecule has 2 aromatic heterocycles. The number of aromatic amines is 1. The first kappa shape index (κ1) is 16.1. The second kappa shape index (κ2) is 6.46. The van der Waals surface area contributed by atoms with Crippen LogP contribution in [0.1, 0.15) is 12.7 Å². The molecule has 4 aromatic rings. The number of imidazole rings is 1. The number of benzene rings is 2. The Balaban J connectivity index is 1.90. The monoisotopic (exact) mass is 369 g/mol. The molecule has 7 heteroatoms. The van der Waals surface area contributed by atoms with E-state index in [-0.39, 0.29) is 0 Å². The Hall–Kier alpha value is -2.44. The lowest BCUT2D eigenvalue weighted by molar-refractivity contribution is 0.657. The molecular weight excluding hydrogens is 354 g/mol. The molecule has 0 bridgehead atoms. The Morgan fingerprint density at radius 3 is 2.60 bits per heavy atom. The summed E-state index contributed by atoms with van der Waals surface area (Å²) in [6, 6.07) is 15.8. The van der Waals surface area contributed by atoms with Gasteiger partial charge >= 0.3 is 0 Å². The van der Waals surface area contributed by atoms with Gasteiger partial charge in [0.05, 0.1) is 17.6 Å². The Morgan fingerprint density at radius 2 is 1.84 bits per heavy atom. The van der Waals surface area contributed by atoms with Crippen molar-refractivity contribution in [1.29, 1.82) is 0 Å². The summed E-state index contributed by atoms with van der Waals surface area (Å²) < 4.78 is 4.79. The molecule has 0 aliphatic rings. The van der Waals surface area contributed by atoms with Crippen LogP contribution in [0.5, 0.6) is 0 Å². The van der Waals surface area contributed by atoms with E-state index in [1.807, 2.05) is 47.0 Å². The van der Waals surface area contributed by atoms with Crippen LogP contribution in [0.15, 0.2) is 48.5 Å². The summed E-state index contributed by atoms with van der Waals surface area (Å²) in [6.45, 7) is 3.41. The predicted octanol–water partition coefficient (Wildman–Crippen LogP) is 4.68. The molecule has 0 saturated carbocycles. The maximum absolute atomic E-state index is 6.03. The average molecular weight is 370 g/mol. The average Bonchev–Trinajstić information content (AvgIpc) is 3.17. The zero-order chi connectivity index (χ0) is 17.4. The quantitative estimate of drug-likeness (QED) is 0.531. The van der Waals surface area contributed by atoms with Crippen molar-refractivity contribution in [3.05, 3.63) is 64.1 Å². The third-order valence-electron chi connectivity index (χ3n) is 4.21. The lowest BCUT2D eigenvalue weighted by Gasteiger charge is -2.10. The predicted molar refractivity (Wildman–Crippen MR) is 102 cm³/mol. The second-order valence-corrected chi connectivity index (χ2v) is 6.53. The molecule has 2 heterocycles. The summed E-state index contributed by atoms with van der Waals surface area (Å²) in [4.78, 5) is 4.82. The van der Waals surface area contributed by atoms with Gasteiger partial charge in [-0.05, 0) is 55.5 Å². The van der Waals surface area contributed by atoms with Gasteiger partial charge in [0.25, 0.3) is 0 Å². The van der Waals surface area contributed by atoms with Crippen molar-refractivity contribution in [2.24, 2.45) is 0 Å². The number of rotatable bonds is 4. The minimum Gasteiger partial charge on any atom is -0.316 e. The number of nitrogens with one attached hydrogen (secondary N) is 1. The smallest absolute Gasteiger partial charge is 0.195 e. The van der Waals surface area contributed by atoms with Crippen molar-refractivity contribution >= 4 is 34.9 Å². The fraction of sp³-hybridized carbons (Fsp3) is 0.167. The summed E-state index contributed by atoms with van der Waals surface area (Å²) in [6.07, 6.45) is 0. The Bertz CT molecular complexity index is 1090. The van der Waals surface area contributed by atoms with Crippen molar-refractivity contribution in [3.8, 4) is 11.4 Å². The van der Waals surface area contributed by atoms with Gasteiger partial charge in [-0.25, -0.2) is 4.98 Å². The van der Waals surface area contributed by atoms with Gasteiger partial charge in [-0.15, -0.1) is 0 Å². The largest absolute Gasteiger partial charge is 0.316 e. The third-order valence-corrected chi connectivity index (χ3v) is 4.77. The number of hydrogen-bond acceptors (Lipinski definition) is 3. The lowest BCUT2D eigenvalue weighted by Crippen LogP contribution is -2.09. The molecule has 0 atom stereocenters. The third kappa shape index (κ3) is 2.88. The Morgan fingerprint density at radius 1 is 1.08 bits per heavy atom. The van der Waals surface area contributed by atoms with Crippen LogP contribution in [-0.4, -0.2) is 24.3 Å². The topological polar surface area (TPSA) is 51.4 Å². The molecular formula is C18H16ClN5S. The number of halogens is 1. The number of para-hydroxylation sites is 2. The van der Waals surface area contributed by atoms with E-state index in [2.05, 4.69) is 27.8 Å². The molecule has 25 heavy (non-hydrogen) atoms. The van der Waals surface area contributed by atoms with E-state index in [9.17, 15) is 0 Å². The lowest BCUT2D eigenvalue weighted by atomic mass is 10.2. The van der Waals surface area contributed by atoms with Gasteiger partial charge in [0.15, 0.2) is 10.6 Å². The molecule has 0 aliphatic carbocycles. The van der Waals surface area contributed by atoms with E-state index in [1.165, 1.54) is 0 Å². The molecule has 4 rings (SSSR count). The highest BCUT2D eigenvalue weighted by Crippen LogP contribution is 2.26. The molecule has 126 valence electrons. The van der Waals surface area contributed by atoms with E-state index in [0.717, 1.165) is 34.8 Å². The number of hydrogen-bond donors (Lipinski definition) is 1. The van der Waals surface area contributed by atoms with Crippen LogP contribution in [0.4, 0.5) is 0 Å². The molecule has 0 amide bonds. The molecule has 0 fully saturated rings. The molecule has 2 aromatic carbocycles. The van der Waals surface area contributed by atoms with Gasteiger partial charge in [-0.2, -0.15) is 5.10 Å². The fourth-order valence-corrected chi connectivity index (χ4v) is 3.40. The first-order chi connectivity index (χ1) is 12.2. The highest BCUT2D eigenvalue weighted by molar-refractivity contribution is 7.71. The van der Waals surface area contributed by atoms with Crippen LogP contribution in [0.25, 0.3) is 22.4 Å². The summed E-state index contributed by atoms with van der Waals surface area (Å²) in [5.74, 6) is 1.76. The molecule has 0 saturated heterocycles. The first-order valence-electron chi connectivity index (χ1n) is 8.02. The number of aromatic nitrogens is 5. The van der Waals surface area contributed by atoms with Crippen molar-refractivity contribution in [1.82, 2.24) is 24.3 Å². The van der Waals surface area contributed by atoms with Crippen molar-refractivity contribution in [3.63, 3.8) is 0 Å². The van der Waals surface area contributed by atoms with Crippen LogP contribution in [0.3, 0.4) is 0 Å². The van der Waals surface area contributed by atoms with Crippen LogP contribution in [0.2, 0.25) is 5.02 Å². The Labute approximate surface area is 154 Å². The fourth-order valence-electron chi connectivity index (χ4n) is 2.99. The zero-order valence-electron chi connectivity index (χ0n) is 13.6. The minimum atomic E-state index is 0.583. The molecule has 0 aliphatic heterocycles. The van der Waals surface area contributed by atoms with Crippen LogP contribution >= 0.6 is 23.8 Å². The summed E-state index contributed by atoms with van der Waals surface area (Å²) in [5.41, 5.74) is 3.02. The maximum atomic E-state index is 6.03. The number of H-pyrrole nitrogens is 1. The Kier molecular flexibility index (Phi) is 4.15. The van der Waals surface area contributed by atoms with Crippen LogP contribution in [-0.2, 0) is 13.1 Å². The van der Waals surface area contributed by atoms with Gasteiger partial charge in [0.2, 0.25) is 0 Å². The van der Waals surface area contributed by atoms with Gasteiger partial charge < -0.3 is 9.13 Å².